The molecule has 28 heavy (non-hydrogen) atoms. The van der Waals surface area contributed by atoms with Crippen LogP contribution in [0.3, 0.4) is 0 Å². The van der Waals surface area contributed by atoms with Crippen molar-refractivity contribution < 1.29 is 29.4 Å². The molecular formula is C20H22N2O6. The Morgan fingerprint density at radius 3 is 1.29 bits per heavy atom. The third kappa shape index (κ3) is 8.24. The van der Waals surface area contributed by atoms with Gasteiger partial charge < -0.3 is 10.2 Å². The van der Waals surface area contributed by atoms with Crippen molar-refractivity contribution >= 4 is 23.8 Å². The molecule has 4 N–H and O–H groups in total. The number of carboxylic acids is 2. The lowest BCUT2D eigenvalue weighted by Gasteiger charge is -2.14. The van der Waals surface area contributed by atoms with Crippen molar-refractivity contribution in [3.63, 3.8) is 0 Å². The Morgan fingerprint density at radius 2 is 1.00 bits per heavy atom. The molecule has 0 aromatic heterocycles. The molecule has 0 radical (unpaired) electrons. The van der Waals surface area contributed by atoms with Gasteiger partial charge in [0.05, 0.1) is 0 Å². The van der Waals surface area contributed by atoms with E-state index in [0.29, 0.717) is 29.0 Å². The van der Waals surface area contributed by atoms with Crippen LogP contribution in [0.15, 0.2) is 60.7 Å². The van der Waals surface area contributed by atoms with E-state index in [4.69, 9.17) is 16.1 Å². The number of hydrogen-bond donors (Lipinski definition) is 3. The van der Waals surface area contributed by atoms with Gasteiger partial charge in [0.1, 0.15) is 0 Å². The Bertz CT molecular complexity index is 725. The predicted octanol–water partition coefficient (Wildman–Crippen LogP) is 2.56. The molecule has 148 valence electrons. The van der Waals surface area contributed by atoms with Gasteiger partial charge in [-0.1, -0.05) is 36.4 Å². The molecule has 0 fully saturated rings. The van der Waals surface area contributed by atoms with Gasteiger partial charge in [0.2, 0.25) is 0 Å². The molecule has 0 bridgehead atoms. The third-order valence-corrected chi connectivity index (χ3v) is 3.51. The highest BCUT2D eigenvalue weighted by atomic mass is 16.4. The number of amides is 2. The summed E-state index contributed by atoms with van der Waals surface area (Å²) in [5.41, 5.74) is 0.758. The maximum atomic E-state index is 11.9. The van der Waals surface area contributed by atoms with E-state index >= 15 is 0 Å². The van der Waals surface area contributed by atoms with Gasteiger partial charge in [-0.25, -0.2) is 10.9 Å². The molecule has 2 amide bonds. The Kier molecular flexibility index (Phi) is 9.63. The molecule has 0 aliphatic rings. The van der Waals surface area contributed by atoms with Crippen LogP contribution in [0.4, 0.5) is 0 Å². The number of nitrogens with two attached hydrogens (primary N) is 1. The number of hydrazine groups is 1. The molecule has 0 atom stereocenters. The topological polar surface area (TPSA) is 138 Å². The normalized spacial score (nSPS) is 9.61. The highest BCUT2D eigenvalue weighted by Gasteiger charge is 2.20. The van der Waals surface area contributed by atoms with E-state index in [9.17, 15) is 19.2 Å². The van der Waals surface area contributed by atoms with E-state index in [-0.39, 0.29) is 12.8 Å². The number of benzene rings is 2. The fourth-order valence-electron chi connectivity index (χ4n) is 2.08. The van der Waals surface area contributed by atoms with Crippen molar-refractivity contribution in [2.75, 3.05) is 0 Å². The van der Waals surface area contributed by atoms with Crippen molar-refractivity contribution in [2.24, 2.45) is 5.84 Å². The molecule has 2 aromatic carbocycles. The number of aliphatic carboxylic acids is 2. The lowest BCUT2D eigenvalue weighted by atomic mass is 10.2. The Labute approximate surface area is 162 Å². The Balaban J connectivity index is 0.000000336. The zero-order valence-electron chi connectivity index (χ0n) is 15.2. The van der Waals surface area contributed by atoms with Gasteiger partial charge >= 0.3 is 11.9 Å². The standard InChI is InChI=1S/C14H12N2O2.C6H10O4/c15-16(13(17)11-7-3-1-4-8-11)14(18)12-9-5-2-6-10-12;7-5(8)3-1-2-4-6(9)10/h1-10H,15H2;1-4H2,(H,7,8)(H,9,10). The summed E-state index contributed by atoms with van der Waals surface area (Å²) in [4.78, 5) is 43.7. The van der Waals surface area contributed by atoms with Crippen LogP contribution in [0.25, 0.3) is 0 Å². The summed E-state index contributed by atoms with van der Waals surface area (Å²) < 4.78 is 0. The molecule has 0 saturated heterocycles. The number of carbonyl (C=O) groups is 4. The Hall–Kier alpha value is -3.52. The molecule has 2 rings (SSSR count). The summed E-state index contributed by atoms with van der Waals surface area (Å²) in [6.45, 7) is 0. The number of hydrogen-bond acceptors (Lipinski definition) is 5. The number of nitrogens with zero attached hydrogens (tertiary/aromatic N) is 1. The average molecular weight is 386 g/mol. The van der Waals surface area contributed by atoms with Crippen molar-refractivity contribution in [3.05, 3.63) is 71.8 Å². The van der Waals surface area contributed by atoms with Crippen molar-refractivity contribution in [1.82, 2.24) is 5.01 Å². The molecular weight excluding hydrogens is 364 g/mol. The van der Waals surface area contributed by atoms with E-state index in [1.54, 1.807) is 60.7 Å². The summed E-state index contributed by atoms with van der Waals surface area (Å²) in [5, 5.41) is 16.9. The van der Waals surface area contributed by atoms with Crippen LogP contribution in [0, 0.1) is 0 Å². The van der Waals surface area contributed by atoms with Gasteiger partial charge in [0.15, 0.2) is 0 Å². The van der Waals surface area contributed by atoms with Crippen molar-refractivity contribution in [1.29, 1.82) is 0 Å². The van der Waals surface area contributed by atoms with E-state index in [0.717, 1.165) is 0 Å². The average Bonchev–Trinajstić information content (AvgIpc) is 2.71. The minimum Gasteiger partial charge on any atom is -0.481 e. The van der Waals surface area contributed by atoms with E-state index in [1.807, 2.05) is 0 Å². The highest BCUT2D eigenvalue weighted by Crippen LogP contribution is 2.06. The van der Waals surface area contributed by atoms with Crippen molar-refractivity contribution in [3.8, 4) is 0 Å². The van der Waals surface area contributed by atoms with Crippen LogP contribution in [0.5, 0.6) is 0 Å². The van der Waals surface area contributed by atoms with E-state index in [2.05, 4.69) is 0 Å². The van der Waals surface area contributed by atoms with Crippen LogP contribution in [-0.2, 0) is 9.59 Å². The quantitative estimate of drug-likeness (QED) is 0.218. The summed E-state index contributed by atoms with van der Waals surface area (Å²) in [6, 6.07) is 16.9. The number of carboxylic acid groups (broad SMARTS) is 2. The maximum Gasteiger partial charge on any atom is 0.303 e. The first kappa shape index (κ1) is 22.5. The second-order valence-electron chi connectivity index (χ2n) is 5.71. The zero-order valence-corrected chi connectivity index (χ0v) is 15.2. The molecule has 0 aliphatic heterocycles. The van der Waals surface area contributed by atoms with Gasteiger partial charge in [-0.15, -0.1) is 0 Å². The number of carbonyl (C=O) groups excluding carboxylic acids is 2. The summed E-state index contributed by atoms with van der Waals surface area (Å²) in [5.74, 6) is 2.77. The first-order chi connectivity index (χ1) is 13.3. The summed E-state index contributed by atoms with van der Waals surface area (Å²) in [6.07, 6.45) is 1.02. The second-order valence-corrected chi connectivity index (χ2v) is 5.71. The van der Waals surface area contributed by atoms with E-state index < -0.39 is 23.8 Å². The minimum atomic E-state index is -0.870. The molecule has 0 saturated carbocycles. The molecule has 0 heterocycles. The fourth-order valence-corrected chi connectivity index (χ4v) is 2.08. The first-order valence-electron chi connectivity index (χ1n) is 8.50. The van der Waals surface area contributed by atoms with Crippen LogP contribution >= 0.6 is 0 Å². The fraction of sp³-hybridized carbons (Fsp3) is 0.200. The van der Waals surface area contributed by atoms with Gasteiger partial charge in [-0.3, -0.25) is 19.2 Å². The van der Waals surface area contributed by atoms with Crippen LogP contribution in [0.1, 0.15) is 46.4 Å². The summed E-state index contributed by atoms with van der Waals surface area (Å²) >= 11 is 0. The van der Waals surface area contributed by atoms with Gasteiger partial charge in [-0.05, 0) is 37.1 Å². The molecule has 0 unspecified atom stereocenters. The first-order valence-corrected chi connectivity index (χ1v) is 8.50. The lowest BCUT2D eigenvalue weighted by molar-refractivity contribution is -0.139. The predicted molar refractivity (Wildman–Crippen MR) is 101 cm³/mol. The smallest absolute Gasteiger partial charge is 0.303 e. The van der Waals surface area contributed by atoms with Crippen molar-refractivity contribution in [2.45, 2.75) is 25.7 Å². The van der Waals surface area contributed by atoms with Crippen LogP contribution < -0.4 is 5.84 Å². The SMILES string of the molecule is NN(C(=O)c1ccccc1)C(=O)c1ccccc1.O=C(O)CCCCC(=O)O. The van der Waals surface area contributed by atoms with Gasteiger partial charge in [-0.2, -0.15) is 0 Å². The van der Waals surface area contributed by atoms with Gasteiger partial charge in [0.25, 0.3) is 11.8 Å². The Morgan fingerprint density at radius 1 is 0.679 bits per heavy atom. The monoisotopic (exact) mass is 386 g/mol. The molecule has 2 aromatic rings. The zero-order chi connectivity index (χ0) is 20.9. The number of unbranched alkanes of at least 4 members (excludes halogenated alkanes) is 1. The number of imide groups is 1. The molecule has 8 nitrogen and oxygen atoms in total. The molecule has 8 heteroatoms. The van der Waals surface area contributed by atoms with Crippen LogP contribution in [-0.4, -0.2) is 39.0 Å². The molecule has 0 aliphatic carbocycles. The lowest BCUT2D eigenvalue weighted by Crippen LogP contribution is -2.42. The third-order valence-electron chi connectivity index (χ3n) is 3.51. The van der Waals surface area contributed by atoms with E-state index in [1.165, 1.54) is 0 Å². The largest absolute Gasteiger partial charge is 0.481 e. The van der Waals surface area contributed by atoms with Crippen LogP contribution in [0.2, 0.25) is 0 Å². The maximum absolute atomic E-state index is 11.9. The highest BCUT2D eigenvalue weighted by molar-refractivity contribution is 6.09. The number of rotatable bonds is 7. The van der Waals surface area contributed by atoms with Gasteiger partial charge in [0, 0.05) is 24.0 Å². The molecule has 0 spiro atoms. The summed E-state index contributed by atoms with van der Waals surface area (Å²) in [7, 11) is 0. The minimum absolute atomic E-state index is 0.0628. The second kappa shape index (κ2) is 12.0.